The molecule has 0 saturated heterocycles. The molecule has 5 nitrogen and oxygen atoms in total. The van der Waals surface area contributed by atoms with Crippen LogP contribution in [0.4, 0.5) is 11.8 Å². The number of nitrogens with zero attached hydrogens (tertiary/aromatic N) is 2. The highest BCUT2D eigenvalue weighted by Gasteiger charge is 2.17. The van der Waals surface area contributed by atoms with E-state index in [0.29, 0.717) is 12.6 Å². The molecule has 0 aliphatic heterocycles. The van der Waals surface area contributed by atoms with Crippen LogP contribution in [0.25, 0.3) is 0 Å². The molecule has 0 amide bonds. The minimum absolute atomic E-state index is 0.145. The predicted octanol–water partition coefficient (Wildman–Crippen LogP) is 1.36. The van der Waals surface area contributed by atoms with Crippen molar-refractivity contribution in [1.29, 1.82) is 0 Å². The summed E-state index contributed by atoms with van der Waals surface area (Å²) in [5.41, 5.74) is -0.145. The third-order valence-corrected chi connectivity index (χ3v) is 1.85. The molecule has 84 valence electrons. The van der Waals surface area contributed by atoms with Gasteiger partial charge in [0.2, 0.25) is 5.95 Å². The van der Waals surface area contributed by atoms with Gasteiger partial charge in [-0.15, -0.1) is 0 Å². The Bertz CT molecular complexity index is 314. The van der Waals surface area contributed by atoms with Gasteiger partial charge < -0.3 is 15.4 Å². The summed E-state index contributed by atoms with van der Waals surface area (Å²) in [7, 11) is 3.47. The first kappa shape index (κ1) is 11.7. The van der Waals surface area contributed by atoms with Crippen LogP contribution in [0.15, 0.2) is 12.3 Å². The first-order chi connectivity index (χ1) is 7.07. The number of methoxy groups -OCH3 is 1. The van der Waals surface area contributed by atoms with Gasteiger partial charge in [0.1, 0.15) is 5.82 Å². The highest BCUT2D eigenvalue weighted by atomic mass is 16.5. The lowest BCUT2D eigenvalue weighted by Gasteiger charge is -2.25. The van der Waals surface area contributed by atoms with Gasteiger partial charge in [-0.2, -0.15) is 4.98 Å². The monoisotopic (exact) mass is 210 g/mol. The molecule has 0 radical (unpaired) electrons. The van der Waals surface area contributed by atoms with Gasteiger partial charge in [-0.05, 0) is 19.9 Å². The quantitative estimate of drug-likeness (QED) is 0.768. The van der Waals surface area contributed by atoms with E-state index in [1.807, 2.05) is 6.07 Å². The van der Waals surface area contributed by atoms with E-state index < -0.39 is 0 Å². The van der Waals surface area contributed by atoms with Gasteiger partial charge in [-0.1, -0.05) is 0 Å². The van der Waals surface area contributed by atoms with E-state index in [-0.39, 0.29) is 5.54 Å². The maximum atomic E-state index is 5.11. The topological polar surface area (TPSA) is 59.1 Å². The molecule has 0 atom stereocenters. The zero-order chi connectivity index (χ0) is 11.3. The molecular formula is C10H18N4O. The Morgan fingerprint density at radius 3 is 2.80 bits per heavy atom. The summed E-state index contributed by atoms with van der Waals surface area (Å²) >= 11 is 0. The lowest BCUT2D eigenvalue weighted by molar-refractivity contribution is 0.158. The van der Waals surface area contributed by atoms with Gasteiger partial charge >= 0.3 is 0 Å². The van der Waals surface area contributed by atoms with Crippen molar-refractivity contribution in [2.24, 2.45) is 0 Å². The fourth-order valence-electron chi connectivity index (χ4n) is 1.29. The largest absolute Gasteiger partial charge is 0.382 e. The Morgan fingerprint density at radius 1 is 1.47 bits per heavy atom. The molecule has 0 aromatic carbocycles. The Hall–Kier alpha value is -1.36. The lowest BCUT2D eigenvalue weighted by Crippen LogP contribution is -2.36. The first-order valence-corrected chi connectivity index (χ1v) is 4.85. The van der Waals surface area contributed by atoms with Crippen molar-refractivity contribution in [1.82, 2.24) is 9.97 Å². The Kier molecular flexibility index (Phi) is 3.85. The van der Waals surface area contributed by atoms with Crippen LogP contribution in [0.3, 0.4) is 0 Å². The zero-order valence-corrected chi connectivity index (χ0v) is 9.66. The van der Waals surface area contributed by atoms with Crippen LogP contribution in [-0.2, 0) is 4.74 Å². The molecule has 1 heterocycles. The Labute approximate surface area is 90.3 Å². The standard InChI is InChI=1S/C10H18N4O/c1-10(2,7-15-4)14-8-5-6-12-9(11-3)13-8/h5-6H,7H2,1-4H3,(H2,11,12,13,14). The first-order valence-electron chi connectivity index (χ1n) is 4.85. The summed E-state index contributed by atoms with van der Waals surface area (Å²) in [5, 5.41) is 6.17. The maximum Gasteiger partial charge on any atom is 0.224 e. The smallest absolute Gasteiger partial charge is 0.224 e. The predicted molar refractivity (Wildman–Crippen MR) is 61.2 cm³/mol. The minimum Gasteiger partial charge on any atom is -0.382 e. The lowest BCUT2D eigenvalue weighted by atomic mass is 10.1. The normalized spacial score (nSPS) is 11.2. The fraction of sp³-hybridized carbons (Fsp3) is 0.600. The summed E-state index contributed by atoms with van der Waals surface area (Å²) in [6.07, 6.45) is 1.71. The highest BCUT2D eigenvalue weighted by molar-refractivity contribution is 5.41. The summed E-state index contributed by atoms with van der Waals surface area (Å²) in [5.74, 6) is 1.39. The van der Waals surface area contributed by atoms with Gasteiger partial charge in [-0.25, -0.2) is 4.98 Å². The van der Waals surface area contributed by atoms with E-state index in [0.717, 1.165) is 5.82 Å². The Morgan fingerprint density at radius 2 is 2.20 bits per heavy atom. The summed E-state index contributed by atoms with van der Waals surface area (Å²) < 4.78 is 5.11. The van der Waals surface area contributed by atoms with Crippen LogP contribution in [-0.4, -0.2) is 36.3 Å². The third kappa shape index (κ3) is 3.71. The molecule has 1 aromatic heterocycles. The van der Waals surface area contributed by atoms with Crippen molar-refractivity contribution in [3.05, 3.63) is 12.3 Å². The van der Waals surface area contributed by atoms with Gasteiger partial charge in [0, 0.05) is 20.4 Å². The molecule has 1 aromatic rings. The van der Waals surface area contributed by atoms with Crippen LogP contribution in [0.5, 0.6) is 0 Å². The van der Waals surface area contributed by atoms with Crippen molar-refractivity contribution in [3.63, 3.8) is 0 Å². The number of hydrogen-bond donors (Lipinski definition) is 2. The molecule has 0 aliphatic rings. The van der Waals surface area contributed by atoms with Gasteiger partial charge in [0.15, 0.2) is 0 Å². The van der Waals surface area contributed by atoms with E-state index in [1.54, 1.807) is 20.4 Å². The number of anilines is 2. The zero-order valence-electron chi connectivity index (χ0n) is 9.66. The molecule has 0 aliphatic carbocycles. The molecule has 0 fully saturated rings. The van der Waals surface area contributed by atoms with E-state index in [2.05, 4.69) is 34.4 Å². The average molecular weight is 210 g/mol. The Balaban J connectivity index is 2.71. The van der Waals surface area contributed by atoms with Crippen LogP contribution < -0.4 is 10.6 Å². The summed E-state index contributed by atoms with van der Waals surface area (Å²) in [6.45, 7) is 4.72. The average Bonchev–Trinajstić information content (AvgIpc) is 2.17. The number of nitrogens with one attached hydrogen (secondary N) is 2. The number of aromatic nitrogens is 2. The van der Waals surface area contributed by atoms with E-state index in [1.165, 1.54) is 0 Å². The molecular weight excluding hydrogens is 192 g/mol. The van der Waals surface area contributed by atoms with Crippen LogP contribution in [0.1, 0.15) is 13.8 Å². The molecule has 1 rings (SSSR count). The van der Waals surface area contributed by atoms with E-state index in [9.17, 15) is 0 Å². The SMILES string of the molecule is CNc1nccc(NC(C)(C)COC)n1. The van der Waals surface area contributed by atoms with Crippen molar-refractivity contribution >= 4 is 11.8 Å². The summed E-state index contributed by atoms with van der Waals surface area (Å²) in [4.78, 5) is 8.31. The van der Waals surface area contributed by atoms with Crippen LogP contribution in [0, 0.1) is 0 Å². The van der Waals surface area contributed by atoms with Crippen molar-refractivity contribution in [2.75, 3.05) is 31.4 Å². The summed E-state index contributed by atoms with van der Waals surface area (Å²) in [6, 6.07) is 1.83. The molecule has 5 heteroatoms. The molecule has 2 N–H and O–H groups in total. The van der Waals surface area contributed by atoms with E-state index >= 15 is 0 Å². The van der Waals surface area contributed by atoms with Crippen molar-refractivity contribution < 1.29 is 4.74 Å². The molecule has 15 heavy (non-hydrogen) atoms. The molecule has 0 bridgehead atoms. The fourth-order valence-corrected chi connectivity index (χ4v) is 1.29. The minimum atomic E-state index is -0.145. The maximum absolute atomic E-state index is 5.11. The molecule has 0 spiro atoms. The molecule has 0 saturated carbocycles. The second-order valence-corrected chi connectivity index (χ2v) is 3.96. The van der Waals surface area contributed by atoms with Gasteiger partial charge in [0.05, 0.1) is 12.1 Å². The van der Waals surface area contributed by atoms with Gasteiger partial charge in [0.25, 0.3) is 0 Å². The highest BCUT2D eigenvalue weighted by Crippen LogP contribution is 2.13. The molecule has 0 unspecified atom stereocenters. The van der Waals surface area contributed by atoms with Crippen LogP contribution >= 0.6 is 0 Å². The number of ether oxygens (including phenoxy) is 1. The van der Waals surface area contributed by atoms with Crippen molar-refractivity contribution in [3.8, 4) is 0 Å². The van der Waals surface area contributed by atoms with E-state index in [4.69, 9.17) is 4.74 Å². The second kappa shape index (κ2) is 4.93. The van der Waals surface area contributed by atoms with Crippen LogP contribution in [0.2, 0.25) is 0 Å². The number of hydrogen-bond acceptors (Lipinski definition) is 5. The number of rotatable bonds is 5. The van der Waals surface area contributed by atoms with Gasteiger partial charge in [-0.3, -0.25) is 0 Å². The second-order valence-electron chi connectivity index (χ2n) is 3.96. The third-order valence-electron chi connectivity index (χ3n) is 1.85. The van der Waals surface area contributed by atoms with Crippen molar-refractivity contribution in [2.45, 2.75) is 19.4 Å².